The number of benzene rings is 1. The van der Waals surface area contributed by atoms with Crippen LogP contribution in [0.2, 0.25) is 0 Å². The lowest BCUT2D eigenvalue weighted by molar-refractivity contribution is 0.628. The second-order valence-corrected chi connectivity index (χ2v) is 3.72. The summed E-state index contributed by atoms with van der Waals surface area (Å²) >= 11 is 0. The summed E-state index contributed by atoms with van der Waals surface area (Å²) in [5.41, 5.74) is 8.38. The van der Waals surface area contributed by atoms with Crippen molar-refractivity contribution >= 4 is 0 Å². The molecule has 0 fully saturated rings. The SMILES string of the molecule is Cc1nc(CN)c(-c2ccc(F)cc2)n1C. The number of imidazole rings is 1. The Morgan fingerprint density at radius 2 is 1.94 bits per heavy atom. The first-order valence-electron chi connectivity index (χ1n) is 5.11. The Bertz CT molecular complexity index is 500. The number of aryl methyl sites for hydroxylation is 1. The van der Waals surface area contributed by atoms with Gasteiger partial charge in [-0.05, 0) is 31.2 Å². The van der Waals surface area contributed by atoms with E-state index in [4.69, 9.17) is 5.73 Å². The van der Waals surface area contributed by atoms with E-state index >= 15 is 0 Å². The third-order valence-corrected chi connectivity index (χ3v) is 2.70. The van der Waals surface area contributed by atoms with Gasteiger partial charge in [-0.25, -0.2) is 9.37 Å². The summed E-state index contributed by atoms with van der Waals surface area (Å²) in [7, 11) is 1.93. The quantitative estimate of drug-likeness (QED) is 0.839. The minimum Gasteiger partial charge on any atom is -0.331 e. The minimum absolute atomic E-state index is 0.239. The largest absolute Gasteiger partial charge is 0.331 e. The monoisotopic (exact) mass is 219 g/mol. The third kappa shape index (κ3) is 1.72. The Kier molecular flexibility index (Phi) is 2.75. The molecule has 1 aromatic heterocycles. The molecule has 0 amide bonds. The molecule has 0 bridgehead atoms. The Balaban J connectivity index is 2.58. The highest BCUT2D eigenvalue weighted by Crippen LogP contribution is 2.24. The maximum atomic E-state index is 12.8. The number of halogens is 1. The van der Waals surface area contributed by atoms with E-state index in [1.54, 1.807) is 12.1 Å². The van der Waals surface area contributed by atoms with Gasteiger partial charge in [-0.2, -0.15) is 0 Å². The lowest BCUT2D eigenvalue weighted by atomic mass is 10.1. The Morgan fingerprint density at radius 1 is 1.31 bits per heavy atom. The van der Waals surface area contributed by atoms with Gasteiger partial charge in [0.15, 0.2) is 0 Å². The van der Waals surface area contributed by atoms with Crippen LogP contribution < -0.4 is 5.73 Å². The standard InChI is InChI=1S/C12H14FN3/c1-8-15-11(7-14)12(16(8)2)9-3-5-10(13)6-4-9/h3-6H,7,14H2,1-2H3. The fourth-order valence-electron chi connectivity index (χ4n) is 1.79. The predicted octanol–water partition coefficient (Wildman–Crippen LogP) is 1.99. The molecule has 3 nitrogen and oxygen atoms in total. The number of nitrogens with zero attached hydrogens (tertiary/aromatic N) is 2. The fraction of sp³-hybridized carbons (Fsp3) is 0.250. The lowest BCUT2D eigenvalue weighted by Crippen LogP contribution is -2.00. The molecule has 2 aromatic rings. The molecule has 0 aliphatic carbocycles. The van der Waals surface area contributed by atoms with E-state index in [-0.39, 0.29) is 5.82 Å². The zero-order valence-electron chi connectivity index (χ0n) is 9.37. The van der Waals surface area contributed by atoms with E-state index in [1.807, 2.05) is 18.5 Å². The Hall–Kier alpha value is -1.68. The normalized spacial score (nSPS) is 10.8. The molecule has 1 aromatic carbocycles. The smallest absolute Gasteiger partial charge is 0.123 e. The predicted molar refractivity (Wildman–Crippen MR) is 61.2 cm³/mol. The number of hydrogen-bond acceptors (Lipinski definition) is 2. The summed E-state index contributed by atoms with van der Waals surface area (Å²) in [6.45, 7) is 2.31. The van der Waals surface area contributed by atoms with Gasteiger partial charge in [0.05, 0.1) is 11.4 Å². The summed E-state index contributed by atoms with van der Waals surface area (Å²) in [4.78, 5) is 4.37. The van der Waals surface area contributed by atoms with Crippen molar-refractivity contribution in [1.82, 2.24) is 9.55 Å². The molecule has 16 heavy (non-hydrogen) atoms. The lowest BCUT2D eigenvalue weighted by Gasteiger charge is -2.05. The van der Waals surface area contributed by atoms with E-state index in [9.17, 15) is 4.39 Å². The molecular formula is C12H14FN3. The van der Waals surface area contributed by atoms with Gasteiger partial charge in [0.25, 0.3) is 0 Å². The second kappa shape index (κ2) is 4.06. The van der Waals surface area contributed by atoms with Crippen LogP contribution in [0.15, 0.2) is 24.3 Å². The van der Waals surface area contributed by atoms with Crippen LogP contribution >= 0.6 is 0 Å². The molecule has 84 valence electrons. The van der Waals surface area contributed by atoms with Crippen molar-refractivity contribution in [3.8, 4) is 11.3 Å². The van der Waals surface area contributed by atoms with Crippen LogP contribution in [-0.4, -0.2) is 9.55 Å². The molecule has 0 saturated carbocycles. The van der Waals surface area contributed by atoms with Crippen LogP contribution in [0.5, 0.6) is 0 Å². The molecule has 0 saturated heterocycles. The van der Waals surface area contributed by atoms with Crippen molar-refractivity contribution in [3.63, 3.8) is 0 Å². The average Bonchev–Trinajstić information content (AvgIpc) is 2.57. The summed E-state index contributed by atoms with van der Waals surface area (Å²) in [5.74, 6) is 0.664. The van der Waals surface area contributed by atoms with Crippen LogP contribution in [0.1, 0.15) is 11.5 Å². The Morgan fingerprint density at radius 3 is 2.50 bits per heavy atom. The molecular weight excluding hydrogens is 205 g/mol. The highest BCUT2D eigenvalue weighted by Gasteiger charge is 2.12. The maximum absolute atomic E-state index is 12.8. The van der Waals surface area contributed by atoms with E-state index in [2.05, 4.69) is 4.98 Å². The number of hydrogen-bond donors (Lipinski definition) is 1. The van der Waals surface area contributed by atoms with Gasteiger partial charge in [-0.15, -0.1) is 0 Å². The van der Waals surface area contributed by atoms with Gasteiger partial charge in [0.2, 0.25) is 0 Å². The van der Waals surface area contributed by atoms with E-state index in [1.165, 1.54) is 12.1 Å². The second-order valence-electron chi connectivity index (χ2n) is 3.72. The van der Waals surface area contributed by atoms with Crippen LogP contribution in [0.3, 0.4) is 0 Å². The van der Waals surface area contributed by atoms with Crippen molar-refractivity contribution in [2.45, 2.75) is 13.5 Å². The molecule has 0 aliphatic heterocycles. The summed E-state index contributed by atoms with van der Waals surface area (Å²) in [6.07, 6.45) is 0. The first kappa shape index (κ1) is 10.8. The Labute approximate surface area is 93.7 Å². The van der Waals surface area contributed by atoms with E-state index in [0.717, 1.165) is 22.8 Å². The molecule has 1 heterocycles. The van der Waals surface area contributed by atoms with Gasteiger partial charge >= 0.3 is 0 Å². The van der Waals surface area contributed by atoms with Gasteiger partial charge < -0.3 is 10.3 Å². The van der Waals surface area contributed by atoms with Crippen molar-refractivity contribution in [2.24, 2.45) is 12.8 Å². The highest BCUT2D eigenvalue weighted by molar-refractivity contribution is 5.62. The topological polar surface area (TPSA) is 43.8 Å². The van der Waals surface area contributed by atoms with Crippen molar-refractivity contribution in [1.29, 1.82) is 0 Å². The van der Waals surface area contributed by atoms with Gasteiger partial charge in [-0.3, -0.25) is 0 Å². The van der Waals surface area contributed by atoms with Crippen LogP contribution in [0.4, 0.5) is 4.39 Å². The summed E-state index contributed by atoms with van der Waals surface area (Å²) < 4.78 is 14.8. The number of rotatable bonds is 2. The van der Waals surface area contributed by atoms with Crippen LogP contribution in [-0.2, 0) is 13.6 Å². The van der Waals surface area contributed by atoms with Crippen molar-refractivity contribution in [3.05, 3.63) is 41.6 Å². The zero-order chi connectivity index (χ0) is 11.7. The zero-order valence-corrected chi connectivity index (χ0v) is 9.37. The average molecular weight is 219 g/mol. The van der Waals surface area contributed by atoms with Crippen molar-refractivity contribution < 1.29 is 4.39 Å². The summed E-state index contributed by atoms with van der Waals surface area (Å²) in [5, 5.41) is 0. The van der Waals surface area contributed by atoms with Gasteiger partial charge in [-0.1, -0.05) is 0 Å². The molecule has 0 atom stereocenters. The van der Waals surface area contributed by atoms with E-state index < -0.39 is 0 Å². The molecule has 2 N–H and O–H groups in total. The fourth-order valence-corrected chi connectivity index (χ4v) is 1.79. The van der Waals surface area contributed by atoms with Crippen LogP contribution in [0.25, 0.3) is 11.3 Å². The third-order valence-electron chi connectivity index (χ3n) is 2.70. The maximum Gasteiger partial charge on any atom is 0.123 e. The molecule has 0 spiro atoms. The first-order valence-corrected chi connectivity index (χ1v) is 5.11. The van der Waals surface area contributed by atoms with E-state index in [0.29, 0.717) is 6.54 Å². The molecule has 2 rings (SSSR count). The van der Waals surface area contributed by atoms with Gasteiger partial charge in [0, 0.05) is 19.2 Å². The molecule has 0 aliphatic rings. The first-order chi connectivity index (χ1) is 7.63. The minimum atomic E-state index is -0.239. The van der Waals surface area contributed by atoms with Gasteiger partial charge in [0.1, 0.15) is 11.6 Å². The van der Waals surface area contributed by atoms with Crippen molar-refractivity contribution in [2.75, 3.05) is 0 Å². The summed E-state index contributed by atoms with van der Waals surface area (Å²) in [6, 6.07) is 6.37. The number of aromatic nitrogens is 2. The highest BCUT2D eigenvalue weighted by atomic mass is 19.1. The molecule has 0 radical (unpaired) electrons. The van der Waals surface area contributed by atoms with Crippen LogP contribution in [0, 0.1) is 12.7 Å². The molecule has 4 heteroatoms. The number of nitrogens with two attached hydrogens (primary N) is 1. The molecule has 0 unspecified atom stereocenters.